The van der Waals surface area contributed by atoms with Crippen LogP contribution >= 0.6 is 0 Å². The molecular formula is C22H29N3O5S. The van der Waals surface area contributed by atoms with Crippen LogP contribution in [0.5, 0.6) is 5.75 Å². The van der Waals surface area contributed by atoms with Crippen molar-refractivity contribution < 1.29 is 22.7 Å². The third-order valence-electron chi connectivity index (χ3n) is 5.33. The molecule has 0 aromatic heterocycles. The van der Waals surface area contributed by atoms with Gasteiger partial charge in [-0.25, -0.2) is 8.42 Å². The fourth-order valence-corrected chi connectivity index (χ4v) is 4.47. The molecule has 1 saturated heterocycles. The summed E-state index contributed by atoms with van der Waals surface area (Å²) in [5.41, 5.74) is 0.535. The second-order valence-electron chi connectivity index (χ2n) is 7.92. The number of carbonyl (C=O) groups excluding carboxylic acids is 1. The van der Waals surface area contributed by atoms with E-state index in [1.54, 1.807) is 24.3 Å². The smallest absolute Gasteiger partial charge is 0.262 e. The summed E-state index contributed by atoms with van der Waals surface area (Å²) < 4.78 is 38.5. The van der Waals surface area contributed by atoms with Crippen molar-refractivity contribution in [3.63, 3.8) is 0 Å². The molecule has 2 N–H and O–H groups in total. The Bertz CT molecular complexity index is 1000. The number of morpholine rings is 1. The maximum absolute atomic E-state index is 12.7. The maximum Gasteiger partial charge on any atom is 0.262 e. The summed E-state index contributed by atoms with van der Waals surface area (Å²) >= 11 is 0. The van der Waals surface area contributed by atoms with Gasteiger partial charge in [0.15, 0.2) is 0 Å². The van der Waals surface area contributed by atoms with Crippen molar-refractivity contribution in [2.75, 3.05) is 44.7 Å². The molecule has 0 spiro atoms. The van der Waals surface area contributed by atoms with E-state index in [0.717, 1.165) is 13.1 Å². The fourth-order valence-electron chi connectivity index (χ4n) is 3.40. The summed E-state index contributed by atoms with van der Waals surface area (Å²) in [5.74, 6) is 0.174. The molecule has 0 aliphatic carbocycles. The van der Waals surface area contributed by atoms with Crippen LogP contribution in [-0.2, 0) is 14.8 Å². The molecule has 31 heavy (non-hydrogen) atoms. The second kappa shape index (κ2) is 9.67. The van der Waals surface area contributed by atoms with E-state index < -0.39 is 10.0 Å². The highest BCUT2D eigenvalue weighted by atomic mass is 32.2. The number of hydrogen-bond donors (Lipinski definition) is 2. The van der Waals surface area contributed by atoms with Crippen LogP contribution in [0.3, 0.4) is 0 Å². The summed E-state index contributed by atoms with van der Waals surface area (Å²) in [7, 11) is -2.35. The van der Waals surface area contributed by atoms with E-state index in [1.165, 1.54) is 31.4 Å². The summed E-state index contributed by atoms with van der Waals surface area (Å²) in [4.78, 5) is 14.9. The van der Waals surface area contributed by atoms with E-state index >= 15 is 0 Å². The average molecular weight is 448 g/mol. The van der Waals surface area contributed by atoms with Gasteiger partial charge in [0.2, 0.25) is 0 Å². The summed E-state index contributed by atoms with van der Waals surface area (Å²) in [6, 6.07) is 12.6. The van der Waals surface area contributed by atoms with Crippen LogP contribution in [0.15, 0.2) is 53.4 Å². The lowest BCUT2D eigenvalue weighted by Gasteiger charge is -2.40. The Kier molecular flexibility index (Phi) is 7.19. The SMILES string of the molecule is COc1ccccc1NS(=O)(=O)c1ccc(C(=O)NCC(C)(C)N2CCOCC2)cc1. The lowest BCUT2D eigenvalue weighted by atomic mass is 10.0. The first-order valence-electron chi connectivity index (χ1n) is 10.1. The first kappa shape index (κ1) is 23.1. The third kappa shape index (κ3) is 5.75. The van der Waals surface area contributed by atoms with E-state index in [4.69, 9.17) is 9.47 Å². The number of amides is 1. The zero-order valence-electron chi connectivity index (χ0n) is 18.1. The molecular weight excluding hydrogens is 418 g/mol. The highest BCUT2D eigenvalue weighted by Gasteiger charge is 2.28. The average Bonchev–Trinajstić information content (AvgIpc) is 2.78. The number of nitrogens with zero attached hydrogens (tertiary/aromatic N) is 1. The Labute approximate surface area is 183 Å². The molecule has 0 radical (unpaired) electrons. The van der Waals surface area contributed by atoms with Gasteiger partial charge >= 0.3 is 0 Å². The predicted molar refractivity (Wildman–Crippen MR) is 119 cm³/mol. The van der Waals surface area contributed by atoms with Crippen molar-refractivity contribution >= 4 is 21.6 Å². The molecule has 1 amide bonds. The van der Waals surface area contributed by atoms with Gasteiger partial charge in [-0.3, -0.25) is 14.4 Å². The second-order valence-corrected chi connectivity index (χ2v) is 9.61. The molecule has 2 aromatic rings. The largest absolute Gasteiger partial charge is 0.495 e. The van der Waals surface area contributed by atoms with Gasteiger partial charge in [-0.2, -0.15) is 0 Å². The van der Waals surface area contributed by atoms with Crippen molar-refractivity contribution in [1.29, 1.82) is 0 Å². The number of hydrogen-bond acceptors (Lipinski definition) is 6. The number of anilines is 1. The Hall–Kier alpha value is -2.62. The number of sulfonamides is 1. The van der Waals surface area contributed by atoms with E-state index in [2.05, 4.69) is 28.8 Å². The van der Waals surface area contributed by atoms with Crippen LogP contribution in [0, 0.1) is 0 Å². The van der Waals surface area contributed by atoms with Gasteiger partial charge in [0.1, 0.15) is 5.75 Å². The number of nitrogens with one attached hydrogen (secondary N) is 2. The third-order valence-corrected chi connectivity index (χ3v) is 6.71. The highest BCUT2D eigenvalue weighted by Crippen LogP contribution is 2.26. The van der Waals surface area contributed by atoms with Gasteiger partial charge in [0, 0.05) is 30.7 Å². The van der Waals surface area contributed by atoms with Crippen molar-refractivity contribution in [3.8, 4) is 5.75 Å². The summed E-state index contributed by atoms with van der Waals surface area (Å²) in [6.07, 6.45) is 0. The number of para-hydroxylation sites is 2. The molecule has 9 heteroatoms. The minimum atomic E-state index is -3.82. The normalized spacial score (nSPS) is 15.3. The van der Waals surface area contributed by atoms with Crippen LogP contribution in [0.4, 0.5) is 5.69 Å². The van der Waals surface area contributed by atoms with E-state index in [1.807, 2.05) is 0 Å². The van der Waals surface area contributed by atoms with Crippen LogP contribution in [0.2, 0.25) is 0 Å². The zero-order chi connectivity index (χ0) is 22.5. The van der Waals surface area contributed by atoms with Crippen LogP contribution < -0.4 is 14.8 Å². The standard InChI is InChI=1S/C22H29N3O5S/c1-22(2,25-12-14-30-15-13-25)16-23-21(26)17-8-10-18(11-9-17)31(27,28)24-19-6-4-5-7-20(19)29-3/h4-11,24H,12-16H2,1-3H3,(H,23,26). The highest BCUT2D eigenvalue weighted by molar-refractivity contribution is 7.92. The molecule has 1 aliphatic rings. The molecule has 0 bridgehead atoms. The van der Waals surface area contributed by atoms with Gasteiger partial charge in [-0.05, 0) is 50.2 Å². The van der Waals surface area contributed by atoms with Gasteiger partial charge in [-0.15, -0.1) is 0 Å². The van der Waals surface area contributed by atoms with Crippen molar-refractivity contribution in [2.45, 2.75) is 24.3 Å². The van der Waals surface area contributed by atoms with Gasteiger partial charge in [0.05, 0.1) is 30.9 Å². The lowest BCUT2D eigenvalue weighted by molar-refractivity contribution is -0.00923. The quantitative estimate of drug-likeness (QED) is 0.645. The summed E-state index contributed by atoms with van der Waals surface area (Å²) in [6.45, 7) is 7.67. The number of benzene rings is 2. The maximum atomic E-state index is 12.7. The molecule has 1 fully saturated rings. The molecule has 0 unspecified atom stereocenters. The van der Waals surface area contributed by atoms with Gasteiger partial charge < -0.3 is 14.8 Å². The predicted octanol–water partition coefficient (Wildman–Crippen LogP) is 2.34. The Morgan fingerprint density at radius 3 is 2.39 bits per heavy atom. The van der Waals surface area contributed by atoms with Crippen molar-refractivity contribution in [1.82, 2.24) is 10.2 Å². The summed E-state index contributed by atoms with van der Waals surface area (Å²) in [5, 5.41) is 2.95. The van der Waals surface area contributed by atoms with Crippen molar-refractivity contribution in [2.24, 2.45) is 0 Å². The van der Waals surface area contributed by atoms with Crippen molar-refractivity contribution in [3.05, 3.63) is 54.1 Å². The van der Waals surface area contributed by atoms with Crippen LogP contribution in [0.1, 0.15) is 24.2 Å². The van der Waals surface area contributed by atoms with Gasteiger partial charge in [-0.1, -0.05) is 12.1 Å². The Morgan fingerprint density at radius 2 is 1.74 bits per heavy atom. The molecule has 1 aliphatic heterocycles. The molecule has 1 heterocycles. The minimum absolute atomic E-state index is 0.0589. The number of rotatable bonds is 8. The molecule has 3 rings (SSSR count). The first-order valence-corrected chi connectivity index (χ1v) is 11.6. The Balaban J connectivity index is 1.64. The van der Waals surface area contributed by atoms with Crippen LogP contribution in [-0.4, -0.2) is 64.7 Å². The molecule has 168 valence electrons. The number of methoxy groups -OCH3 is 1. The molecule has 0 atom stereocenters. The number of ether oxygens (including phenoxy) is 2. The van der Waals surface area contributed by atoms with E-state index in [0.29, 0.717) is 36.8 Å². The Morgan fingerprint density at radius 1 is 1.10 bits per heavy atom. The zero-order valence-corrected chi connectivity index (χ0v) is 18.9. The first-order chi connectivity index (χ1) is 14.7. The molecule has 8 nitrogen and oxygen atoms in total. The molecule has 0 saturated carbocycles. The lowest BCUT2D eigenvalue weighted by Crippen LogP contribution is -2.55. The fraction of sp³-hybridized carbons (Fsp3) is 0.409. The molecule has 2 aromatic carbocycles. The topological polar surface area (TPSA) is 97.0 Å². The monoisotopic (exact) mass is 447 g/mol. The number of carbonyl (C=O) groups is 1. The van der Waals surface area contributed by atoms with E-state index in [9.17, 15) is 13.2 Å². The van der Waals surface area contributed by atoms with E-state index in [-0.39, 0.29) is 16.3 Å². The minimum Gasteiger partial charge on any atom is -0.495 e. The van der Waals surface area contributed by atoms with Gasteiger partial charge in [0.25, 0.3) is 15.9 Å². The van der Waals surface area contributed by atoms with Crippen LogP contribution in [0.25, 0.3) is 0 Å².